The van der Waals surface area contributed by atoms with Crippen LogP contribution in [-0.4, -0.2) is 22.2 Å². The molecule has 1 rings (SSSR count). The Kier molecular flexibility index (Phi) is 5.98. The number of carboxylic acids is 2. The predicted molar refractivity (Wildman–Crippen MR) is 86.6 cm³/mol. The maximum atomic E-state index is 11.9. The maximum absolute atomic E-state index is 11.9. The van der Waals surface area contributed by atoms with E-state index in [-0.39, 0.29) is 5.57 Å². The summed E-state index contributed by atoms with van der Waals surface area (Å²) in [5.74, 6) is -2.44. The Morgan fingerprint density at radius 2 is 1.73 bits per heavy atom. The smallest absolute Gasteiger partial charge is 0.332 e. The molecule has 2 atom stereocenters. The molecule has 0 spiro atoms. The summed E-state index contributed by atoms with van der Waals surface area (Å²) in [7, 11) is 0. The van der Waals surface area contributed by atoms with Gasteiger partial charge in [0.15, 0.2) is 0 Å². The van der Waals surface area contributed by atoms with Gasteiger partial charge in [-0.2, -0.15) is 0 Å². The van der Waals surface area contributed by atoms with Gasteiger partial charge in [-0.3, -0.25) is 4.79 Å². The molecule has 0 fully saturated rings. The third kappa shape index (κ3) is 3.60. The molecular weight excluding hydrogens is 280 g/mol. The van der Waals surface area contributed by atoms with E-state index in [1.807, 2.05) is 13.0 Å². The van der Waals surface area contributed by atoms with Crippen molar-refractivity contribution in [1.29, 1.82) is 0 Å². The normalized spacial score (nSPS) is 25.1. The van der Waals surface area contributed by atoms with Crippen LogP contribution in [0.2, 0.25) is 0 Å². The van der Waals surface area contributed by atoms with Crippen LogP contribution in [0, 0.1) is 23.2 Å². The predicted octanol–water partition coefficient (Wildman–Crippen LogP) is 4.13. The molecule has 2 unspecified atom stereocenters. The summed E-state index contributed by atoms with van der Waals surface area (Å²) in [6.45, 7) is 10.3. The third-order valence-corrected chi connectivity index (χ3v) is 4.49. The number of aliphatic carboxylic acids is 2. The molecule has 0 saturated heterocycles. The fourth-order valence-corrected chi connectivity index (χ4v) is 3.76. The Balaban J connectivity index is 3.51. The summed E-state index contributed by atoms with van der Waals surface area (Å²) in [4.78, 5) is 23.5. The summed E-state index contributed by atoms with van der Waals surface area (Å²) in [5.41, 5.74) is 0.478. The molecule has 0 aromatic carbocycles. The van der Waals surface area contributed by atoms with Crippen molar-refractivity contribution in [3.8, 4) is 0 Å². The quantitative estimate of drug-likeness (QED) is 0.741. The lowest BCUT2D eigenvalue weighted by Crippen LogP contribution is -2.43. The highest BCUT2D eigenvalue weighted by molar-refractivity contribution is 5.95. The zero-order valence-corrected chi connectivity index (χ0v) is 14.2. The van der Waals surface area contributed by atoms with E-state index in [1.54, 1.807) is 0 Å². The summed E-state index contributed by atoms with van der Waals surface area (Å²) in [5, 5.41) is 19.2. The van der Waals surface area contributed by atoms with Crippen LogP contribution in [-0.2, 0) is 9.59 Å². The van der Waals surface area contributed by atoms with Crippen molar-refractivity contribution in [3.63, 3.8) is 0 Å². The minimum Gasteiger partial charge on any atom is -0.481 e. The third-order valence-electron chi connectivity index (χ3n) is 4.49. The zero-order valence-electron chi connectivity index (χ0n) is 14.2. The van der Waals surface area contributed by atoms with Crippen molar-refractivity contribution < 1.29 is 19.8 Å². The van der Waals surface area contributed by atoms with E-state index in [0.29, 0.717) is 24.7 Å². The summed E-state index contributed by atoms with van der Waals surface area (Å²) < 4.78 is 0. The van der Waals surface area contributed by atoms with Gasteiger partial charge in [-0.05, 0) is 31.1 Å². The molecule has 0 aromatic rings. The Hall–Kier alpha value is -1.58. The Morgan fingerprint density at radius 1 is 1.14 bits per heavy atom. The number of allylic oxidation sites excluding steroid dienone is 3. The largest absolute Gasteiger partial charge is 0.481 e. The van der Waals surface area contributed by atoms with Gasteiger partial charge in [0, 0.05) is 5.41 Å². The first-order valence-corrected chi connectivity index (χ1v) is 8.03. The van der Waals surface area contributed by atoms with Crippen molar-refractivity contribution >= 4 is 11.9 Å². The molecule has 0 aliphatic heterocycles. The molecule has 1 aliphatic carbocycles. The maximum Gasteiger partial charge on any atom is 0.332 e. The van der Waals surface area contributed by atoms with Crippen LogP contribution in [0.4, 0.5) is 0 Å². The molecular formula is C18H28O4. The van der Waals surface area contributed by atoms with Gasteiger partial charge in [0.05, 0.1) is 11.5 Å². The molecule has 1 aliphatic rings. The van der Waals surface area contributed by atoms with E-state index >= 15 is 0 Å². The van der Waals surface area contributed by atoms with E-state index in [9.17, 15) is 19.8 Å². The molecule has 0 bridgehead atoms. The molecule has 4 heteroatoms. The molecule has 0 radical (unpaired) electrons. The fourth-order valence-electron chi connectivity index (χ4n) is 3.76. The van der Waals surface area contributed by atoms with Gasteiger partial charge in [0.2, 0.25) is 0 Å². The van der Waals surface area contributed by atoms with Gasteiger partial charge in [-0.15, -0.1) is 0 Å². The highest BCUT2D eigenvalue weighted by atomic mass is 16.4. The lowest BCUT2D eigenvalue weighted by molar-refractivity contribution is -0.148. The average molecular weight is 308 g/mol. The van der Waals surface area contributed by atoms with Gasteiger partial charge in [-0.1, -0.05) is 52.3 Å². The van der Waals surface area contributed by atoms with Crippen molar-refractivity contribution in [2.75, 3.05) is 0 Å². The van der Waals surface area contributed by atoms with E-state index in [1.165, 1.54) is 6.08 Å². The highest BCUT2D eigenvalue weighted by Crippen LogP contribution is 2.51. The van der Waals surface area contributed by atoms with Gasteiger partial charge in [-0.25, -0.2) is 4.79 Å². The fraction of sp³-hybridized carbons (Fsp3) is 0.667. The Morgan fingerprint density at radius 3 is 2.09 bits per heavy atom. The van der Waals surface area contributed by atoms with Crippen LogP contribution in [0.3, 0.4) is 0 Å². The lowest BCUT2D eigenvalue weighted by atomic mass is 9.58. The Labute approximate surface area is 132 Å². The first-order chi connectivity index (χ1) is 10.2. The molecule has 22 heavy (non-hydrogen) atoms. The second-order valence-corrected chi connectivity index (χ2v) is 7.10. The van der Waals surface area contributed by atoms with Crippen molar-refractivity contribution in [1.82, 2.24) is 0 Å². The zero-order chi connectivity index (χ0) is 17.1. The topological polar surface area (TPSA) is 74.6 Å². The summed E-state index contributed by atoms with van der Waals surface area (Å²) in [6.07, 6.45) is 5.46. The van der Waals surface area contributed by atoms with Crippen LogP contribution in [0.15, 0.2) is 23.3 Å². The van der Waals surface area contributed by atoms with Crippen LogP contribution in [0.1, 0.15) is 53.9 Å². The standard InChI is InChI=1S/C18H28O4/c1-6-18(10-12(4)5)13(9-11(2)3)7-8-14(16(19)20)15(18)17(21)22/h7-8,11-12,15H,6,9-10H2,1-5H3,(H,19,20)(H,21,22). The second-order valence-electron chi connectivity index (χ2n) is 7.10. The monoisotopic (exact) mass is 308 g/mol. The number of carbonyl (C=O) groups is 2. The van der Waals surface area contributed by atoms with Crippen LogP contribution < -0.4 is 0 Å². The van der Waals surface area contributed by atoms with Crippen LogP contribution in [0.5, 0.6) is 0 Å². The first kappa shape index (κ1) is 18.5. The molecule has 0 heterocycles. The number of carboxylic acid groups (broad SMARTS) is 2. The van der Waals surface area contributed by atoms with Crippen LogP contribution in [0.25, 0.3) is 0 Å². The SMILES string of the molecule is CCC1(CC(C)C)C(CC(C)C)=CC=C(C(=O)O)C1C(=O)O. The van der Waals surface area contributed by atoms with Crippen molar-refractivity contribution in [2.24, 2.45) is 23.2 Å². The van der Waals surface area contributed by atoms with Gasteiger partial charge < -0.3 is 10.2 Å². The van der Waals surface area contributed by atoms with E-state index in [2.05, 4.69) is 27.7 Å². The number of rotatable bonds is 7. The van der Waals surface area contributed by atoms with Crippen molar-refractivity contribution in [2.45, 2.75) is 53.9 Å². The highest BCUT2D eigenvalue weighted by Gasteiger charge is 2.49. The number of hydrogen-bond donors (Lipinski definition) is 2. The average Bonchev–Trinajstić information content (AvgIpc) is 2.38. The van der Waals surface area contributed by atoms with E-state index in [0.717, 1.165) is 12.0 Å². The summed E-state index contributed by atoms with van der Waals surface area (Å²) >= 11 is 0. The molecule has 2 N–H and O–H groups in total. The molecule has 4 nitrogen and oxygen atoms in total. The second kappa shape index (κ2) is 7.12. The minimum absolute atomic E-state index is 0.00232. The van der Waals surface area contributed by atoms with Crippen LogP contribution >= 0.6 is 0 Å². The lowest BCUT2D eigenvalue weighted by Gasteiger charge is -2.44. The molecule has 0 saturated carbocycles. The van der Waals surface area contributed by atoms with Gasteiger partial charge in [0.25, 0.3) is 0 Å². The number of hydrogen-bond acceptors (Lipinski definition) is 2. The van der Waals surface area contributed by atoms with Crippen molar-refractivity contribution in [3.05, 3.63) is 23.3 Å². The Bertz CT molecular complexity index is 499. The molecule has 0 amide bonds. The van der Waals surface area contributed by atoms with E-state index < -0.39 is 23.3 Å². The summed E-state index contributed by atoms with van der Waals surface area (Å²) in [6, 6.07) is 0. The van der Waals surface area contributed by atoms with Gasteiger partial charge in [0.1, 0.15) is 0 Å². The minimum atomic E-state index is -1.13. The van der Waals surface area contributed by atoms with Gasteiger partial charge >= 0.3 is 11.9 Å². The molecule has 0 aromatic heterocycles. The molecule has 124 valence electrons. The van der Waals surface area contributed by atoms with E-state index in [4.69, 9.17) is 0 Å². The first-order valence-electron chi connectivity index (χ1n) is 8.03.